The molecule has 3 rings (SSSR count). The second kappa shape index (κ2) is 9.35. The number of hydrogen-bond acceptors (Lipinski definition) is 5. The molecule has 6 heteroatoms. The summed E-state index contributed by atoms with van der Waals surface area (Å²) in [5.41, 5.74) is 2.13. The lowest BCUT2D eigenvalue weighted by Crippen LogP contribution is -2.54. The number of anilines is 1. The summed E-state index contributed by atoms with van der Waals surface area (Å²) in [5.74, 6) is 2.28. The van der Waals surface area contributed by atoms with Crippen molar-refractivity contribution in [2.75, 3.05) is 31.1 Å². The van der Waals surface area contributed by atoms with Gasteiger partial charge in [-0.2, -0.15) is 0 Å². The number of rotatable bonds is 6. The van der Waals surface area contributed by atoms with Crippen LogP contribution in [0.4, 0.5) is 5.82 Å². The maximum absolute atomic E-state index is 12.8. The zero-order valence-electron chi connectivity index (χ0n) is 18.2. The van der Waals surface area contributed by atoms with Crippen molar-refractivity contribution >= 4 is 11.7 Å². The Labute approximate surface area is 174 Å². The molecule has 6 nitrogen and oxygen atoms in total. The highest BCUT2D eigenvalue weighted by Gasteiger charge is 2.27. The highest BCUT2D eigenvalue weighted by molar-refractivity contribution is 5.81. The maximum Gasteiger partial charge on any atom is 0.237 e. The van der Waals surface area contributed by atoms with Gasteiger partial charge in [0.25, 0.3) is 0 Å². The molecule has 1 aromatic heterocycles. The fraction of sp³-hybridized carbons (Fsp3) is 0.522. The minimum absolute atomic E-state index is 0.00545. The molecule has 0 aliphatic carbocycles. The fourth-order valence-corrected chi connectivity index (χ4v) is 3.66. The van der Waals surface area contributed by atoms with Gasteiger partial charge in [0.2, 0.25) is 5.91 Å². The van der Waals surface area contributed by atoms with E-state index >= 15 is 0 Å². The number of aromatic nitrogens is 2. The molecule has 0 radical (unpaired) electrons. The summed E-state index contributed by atoms with van der Waals surface area (Å²) in [6.45, 7) is 13.7. The molecule has 1 aliphatic heterocycles. The summed E-state index contributed by atoms with van der Waals surface area (Å²) in [7, 11) is 0. The predicted octanol–water partition coefficient (Wildman–Crippen LogP) is 3.30. The van der Waals surface area contributed by atoms with Crippen LogP contribution in [0, 0.1) is 6.92 Å². The number of nitrogens with one attached hydrogen (secondary N) is 1. The van der Waals surface area contributed by atoms with Gasteiger partial charge in [0.05, 0.1) is 12.1 Å². The minimum atomic E-state index is -0.151. The standard InChI is InChI=1S/C23H33N5O/c1-16(2)22-24-17(3)15-21(26-22)28-13-11-27(12-14-28)19(5)23(29)25-18(4)20-9-7-6-8-10-20/h6-10,15-16,18-19H,11-14H2,1-5H3,(H,25,29)/t18-,19+/m1/s1. The van der Waals surface area contributed by atoms with E-state index in [4.69, 9.17) is 4.98 Å². The first kappa shape index (κ1) is 21.2. The SMILES string of the molecule is Cc1cc(N2CCN([C@@H](C)C(=O)N[C@H](C)c3ccccc3)CC2)nc(C(C)C)n1. The Kier molecular flexibility index (Phi) is 6.85. The molecule has 2 atom stereocenters. The number of carbonyl (C=O) groups is 1. The molecule has 1 aromatic carbocycles. The molecule has 2 heterocycles. The van der Waals surface area contributed by atoms with Crippen LogP contribution < -0.4 is 10.2 Å². The van der Waals surface area contributed by atoms with E-state index < -0.39 is 0 Å². The highest BCUT2D eigenvalue weighted by atomic mass is 16.2. The van der Waals surface area contributed by atoms with Crippen LogP contribution >= 0.6 is 0 Å². The van der Waals surface area contributed by atoms with Crippen molar-refractivity contribution in [3.63, 3.8) is 0 Å². The van der Waals surface area contributed by atoms with E-state index in [0.29, 0.717) is 5.92 Å². The Hall–Kier alpha value is -2.47. The summed E-state index contributed by atoms with van der Waals surface area (Å²) >= 11 is 0. The van der Waals surface area contributed by atoms with Crippen molar-refractivity contribution < 1.29 is 4.79 Å². The summed E-state index contributed by atoms with van der Waals surface area (Å²) in [4.78, 5) is 26.6. The number of piperazine rings is 1. The van der Waals surface area contributed by atoms with E-state index in [9.17, 15) is 4.79 Å². The van der Waals surface area contributed by atoms with Crippen molar-refractivity contribution in [3.8, 4) is 0 Å². The third kappa shape index (κ3) is 5.32. The number of benzene rings is 1. The largest absolute Gasteiger partial charge is 0.354 e. The zero-order valence-corrected chi connectivity index (χ0v) is 18.2. The summed E-state index contributed by atoms with van der Waals surface area (Å²) < 4.78 is 0. The van der Waals surface area contributed by atoms with Gasteiger partial charge in [-0.05, 0) is 26.3 Å². The molecule has 0 unspecified atom stereocenters. The number of nitrogens with zero attached hydrogens (tertiary/aromatic N) is 4. The molecule has 1 N–H and O–H groups in total. The molecular weight excluding hydrogens is 362 g/mol. The molecule has 1 amide bonds. The Morgan fingerprint density at radius 3 is 2.28 bits per heavy atom. The van der Waals surface area contributed by atoms with Crippen LogP contribution in [0.2, 0.25) is 0 Å². The predicted molar refractivity (Wildman–Crippen MR) is 117 cm³/mol. The maximum atomic E-state index is 12.8. The lowest BCUT2D eigenvalue weighted by molar-refractivity contribution is -0.126. The van der Waals surface area contributed by atoms with Crippen molar-refractivity contribution in [2.24, 2.45) is 0 Å². The van der Waals surface area contributed by atoms with Crippen molar-refractivity contribution in [1.82, 2.24) is 20.2 Å². The summed E-state index contributed by atoms with van der Waals surface area (Å²) in [6.07, 6.45) is 0. The van der Waals surface area contributed by atoms with Gasteiger partial charge in [0, 0.05) is 43.9 Å². The molecule has 0 spiro atoms. The van der Waals surface area contributed by atoms with E-state index in [1.54, 1.807) is 0 Å². The Morgan fingerprint density at radius 1 is 1.00 bits per heavy atom. The summed E-state index contributed by atoms with van der Waals surface area (Å²) in [5, 5.41) is 3.15. The van der Waals surface area contributed by atoms with Gasteiger partial charge >= 0.3 is 0 Å². The van der Waals surface area contributed by atoms with Gasteiger partial charge in [-0.3, -0.25) is 9.69 Å². The van der Waals surface area contributed by atoms with Crippen LogP contribution in [0.25, 0.3) is 0 Å². The Morgan fingerprint density at radius 2 is 1.66 bits per heavy atom. The number of aryl methyl sites for hydroxylation is 1. The van der Waals surface area contributed by atoms with Gasteiger partial charge < -0.3 is 10.2 Å². The van der Waals surface area contributed by atoms with Crippen LogP contribution in [0.3, 0.4) is 0 Å². The summed E-state index contributed by atoms with van der Waals surface area (Å²) in [6, 6.07) is 12.0. The normalized spacial score (nSPS) is 17.2. The van der Waals surface area contributed by atoms with E-state index in [0.717, 1.165) is 49.1 Å². The quantitative estimate of drug-likeness (QED) is 0.813. The van der Waals surface area contributed by atoms with Crippen LogP contribution in [0.1, 0.15) is 56.7 Å². The minimum Gasteiger partial charge on any atom is -0.354 e. The van der Waals surface area contributed by atoms with Crippen LogP contribution in [-0.2, 0) is 4.79 Å². The monoisotopic (exact) mass is 395 g/mol. The molecule has 0 bridgehead atoms. The van der Waals surface area contributed by atoms with E-state index in [1.807, 2.05) is 51.1 Å². The zero-order chi connectivity index (χ0) is 21.0. The van der Waals surface area contributed by atoms with Gasteiger partial charge in [-0.15, -0.1) is 0 Å². The molecule has 156 valence electrons. The molecular formula is C23H33N5O. The van der Waals surface area contributed by atoms with Crippen molar-refractivity contribution in [2.45, 2.75) is 52.6 Å². The highest BCUT2D eigenvalue weighted by Crippen LogP contribution is 2.19. The van der Waals surface area contributed by atoms with E-state index in [2.05, 4.69) is 40.0 Å². The van der Waals surface area contributed by atoms with Crippen molar-refractivity contribution in [1.29, 1.82) is 0 Å². The van der Waals surface area contributed by atoms with Gasteiger partial charge in [-0.1, -0.05) is 44.2 Å². The van der Waals surface area contributed by atoms with Gasteiger partial charge in [0.15, 0.2) is 0 Å². The average molecular weight is 396 g/mol. The molecule has 2 aromatic rings. The Bertz CT molecular complexity index is 815. The first-order valence-corrected chi connectivity index (χ1v) is 10.5. The molecule has 1 saturated heterocycles. The van der Waals surface area contributed by atoms with Crippen LogP contribution in [0.5, 0.6) is 0 Å². The third-order valence-electron chi connectivity index (χ3n) is 5.60. The topological polar surface area (TPSA) is 61.4 Å². The lowest BCUT2D eigenvalue weighted by Gasteiger charge is -2.38. The van der Waals surface area contributed by atoms with Crippen LogP contribution in [-0.4, -0.2) is 53.0 Å². The first-order chi connectivity index (χ1) is 13.8. The third-order valence-corrected chi connectivity index (χ3v) is 5.60. The van der Waals surface area contributed by atoms with Crippen molar-refractivity contribution in [3.05, 3.63) is 53.5 Å². The number of hydrogen-bond donors (Lipinski definition) is 1. The molecule has 29 heavy (non-hydrogen) atoms. The number of carbonyl (C=O) groups excluding carboxylic acids is 1. The Balaban J connectivity index is 1.57. The second-order valence-corrected chi connectivity index (χ2v) is 8.22. The second-order valence-electron chi connectivity index (χ2n) is 8.22. The molecule has 1 fully saturated rings. The fourth-order valence-electron chi connectivity index (χ4n) is 3.66. The smallest absolute Gasteiger partial charge is 0.237 e. The molecule has 0 saturated carbocycles. The first-order valence-electron chi connectivity index (χ1n) is 10.5. The molecule has 1 aliphatic rings. The average Bonchev–Trinajstić information content (AvgIpc) is 2.73. The lowest BCUT2D eigenvalue weighted by atomic mass is 10.1. The van der Waals surface area contributed by atoms with Gasteiger partial charge in [0.1, 0.15) is 11.6 Å². The van der Waals surface area contributed by atoms with Crippen LogP contribution in [0.15, 0.2) is 36.4 Å². The van der Waals surface area contributed by atoms with E-state index in [1.165, 1.54) is 0 Å². The van der Waals surface area contributed by atoms with Gasteiger partial charge in [-0.25, -0.2) is 9.97 Å². The number of amides is 1. The van der Waals surface area contributed by atoms with E-state index in [-0.39, 0.29) is 18.0 Å².